The minimum Gasteiger partial charge on any atom is -0.462 e. The Morgan fingerprint density at radius 1 is 1.24 bits per heavy atom. The molecule has 1 amide bonds. The molecule has 1 atom stereocenters. The minimum atomic E-state index is -1.04. The molecule has 2 fully saturated rings. The summed E-state index contributed by atoms with van der Waals surface area (Å²) in [5.74, 6) is -1.64. The molecule has 3 aliphatic heterocycles. The van der Waals surface area contributed by atoms with Crippen LogP contribution in [-0.4, -0.2) is 103 Å². The van der Waals surface area contributed by atoms with E-state index in [9.17, 15) is 13.6 Å². The summed E-state index contributed by atoms with van der Waals surface area (Å²) in [5, 5.41) is 1.56. The van der Waals surface area contributed by atoms with Gasteiger partial charge in [-0.15, -0.1) is 0 Å². The number of carbonyl (C=O) groups is 1. The Morgan fingerprint density at radius 3 is 2.76 bits per heavy atom. The first-order valence-corrected chi connectivity index (χ1v) is 15.6. The Kier molecular flexibility index (Phi) is 9.01. The molecule has 0 radical (unpaired) electrons. The van der Waals surface area contributed by atoms with Crippen LogP contribution >= 0.6 is 11.6 Å². The van der Waals surface area contributed by atoms with E-state index in [1.807, 2.05) is 30.1 Å². The maximum Gasteiger partial charge on any atom is 0.318 e. The molecular weight excluding hydrogens is 616 g/mol. The predicted molar refractivity (Wildman–Crippen MR) is 172 cm³/mol. The zero-order valence-corrected chi connectivity index (χ0v) is 26.7. The van der Waals surface area contributed by atoms with Crippen LogP contribution in [0.2, 0.25) is 5.02 Å². The molecule has 0 unspecified atom stereocenters. The standard InChI is InChI=1S/C33H36ClF2N7O3/c1-21(35)31(44)43-13-12-42(17-23(43)16-37-3)30-24-10-11-41(27-7-5-6-22-8-9-25(36)29(34)28(22)27)18-26(24)38-32(39-30)46-15-14-40(4)33(2)19-45-20-33/h5-9,23H,1,10-20H2,2,4H3/t23-/m0/s1. The normalized spacial score (nSPS) is 19.1. The molecule has 0 spiro atoms. The van der Waals surface area contributed by atoms with Crippen molar-refractivity contribution >= 4 is 39.8 Å². The summed E-state index contributed by atoms with van der Waals surface area (Å²) in [6, 6.07) is 8.55. The molecule has 13 heteroatoms. The summed E-state index contributed by atoms with van der Waals surface area (Å²) >= 11 is 6.48. The Balaban J connectivity index is 1.32. The fourth-order valence-corrected chi connectivity index (χ4v) is 6.64. The number of piperazine rings is 1. The van der Waals surface area contributed by atoms with E-state index in [4.69, 9.17) is 37.6 Å². The number of rotatable bonds is 9. The molecule has 10 nitrogen and oxygen atoms in total. The Morgan fingerprint density at radius 2 is 2.04 bits per heavy atom. The van der Waals surface area contributed by atoms with Gasteiger partial charge < -0.3 is 29.0 Å². The second-order valence-electron chi connectivity index (χ2n) is 12.3. The van der Waals surface area contributed by atoms with Gasteiger partial charge in [0.1, 0.15) is 24.3 Å². The average molecular weight is 652 g/mol. The van der Waals surface area contributed by atoms with Crippen LogP contribution in [-0.2, 0) is 22.5 Å². The number of halogens is 3. The van der Waals surface area contributed by atoms with E-state index < -0.39 is 23.6 Å². The molecule has 0 N–H and O–H groups in total. The fourth-order valence-electron chi connectivity index (χ4n) is 6.37. The van der Waals surface area contributed by atoms with Crippen LogP contribution < -0.4 is 14.5 Å². The molecule has 0 bridgehead atoms. The van der Waals surface area contributed by atoms with Crippen molar-refractivity contribution in [1.29, 1.82) is 0 Å². The first kappa shape index (κ1) is 31.9. The van der Waals surface area contributed by atoms with E-state index in [0.29, 0.717) is 70.2 Å². The average Bonchev–Trinajstić information content (AvgIpc) is 3.04. The van der Waals surface area contributed by atoms with Gasteiger partial charge in [-0.05, 0) is 37.9 Å². The van der Waals surface area contributed by atoms with Crippen LogP contribution in [0.15, 0.2) is 42.7 Å². The van der Waals surface area contributed by atoms with Crippen molar-refractivity contribution in [2.45, 2.75) is 31.5 Å². The zero-order valence-electron chi connectivity index (χ0n) is 25.9. The molecule has 4 heterocycles. The van der Waals surface area contributed by atoms with Crippen molar-refractivity contribution < 1.29 is 23.0 Å². The maximum absolute atomic E-state index is 14.6. The third-order valence-electron chi connectivity index (χ3n) is 9.26. The lowest BCUT2D eigenvalue weighted by Crippen LogP contribution is -2.59. The summed E-state index contributed by atoms with van der Waals surface area (Å²) in [4.78, 5) is 33.5. The predicted octanol–water partition coefficient (Wildman–Crippen LogP) is 4.50. The van der Waals surface area contributed by atoms with Gasteiger partial charge in [-0.2, -0.15) is 9.97 Å². The van der Waals surface area contributed by atoms with E-state index >= 15 is 0 Å². The quantitative estimate of drug-likeness (QED) is 0.247. The molecule has 46 heavy (non-hydrogen) atoms. The number of hydrogen-bond donors (Lipinski definition) is 0. The van der Waals surface area contributed by atoms with Gasteiger partial charge in [-0.3, -0.25) is 9.69 Å². The Labute approximate surface area is 272 Å². The Hall–Kier alpha value is -4.05. The van der Waals surface area contributed by atoms with Gasteiger partial charge in [0.15, 0.2) is 5.83 Å². The number of aromatic nitrogens is 2. The van der Waals surface area contributed by atoms with Gasteiger partial charge in [0, 0.05) is 49.4 Å². The van der Waals surface area contributed by atoms with Crippen molar-refractivity contribution in [2.75, 3.05) is 75.9 Å². The number of fused-ring (bicyclic) bond motifs is 2. The monoisotopic (exact) mass is 651 g/mol. The highest BCUT2D eigenvalue weighted by atomic mass is 35.5. The molecule has 3 aliphatic rings. The van der Waals surface area contributed by atoms with Gasteiger partial charge in [0.05, 0.1) is 36.0 Å². The lowest BCUT2D eigenvalue weighted by Gasteiger charge is -2.45. The van der Waals surface area contributed by atoms with Gasteiger partial charge in [-0.25, -0.2) is 15.4 Å². The van der Waals surface area contributed by atoms with Crippen LogP contribution in [0.5, 0.6) is 6.01 Å². The van der Waals surface area contributed by atoms with Crippen molar-refractivity contribution in [3.05, 3.63) is 76.3 Å². The highest BCUT2D eigenvalue weighted by molar-refractivity contribution is 6.36. The van der Waals surface area contributed by atoms with E-state index in [1.54, 1.807) is 6.07 Å². The van der Waals surface area contributed by atoms with Crippen molar-refractivity contribution in [1.82, 2.24) is 19.8 Å². The minimum absolute atomic E-state index is 0.0210. The number of amides is 1. The molecular formula is C33H36ClF2N7O3. The SMILES string of the molecule is [C-]#[N+]C[C@H]1CN(c2nc(OCCN(C)C3(C)COC3)nc3c2CCN(c2cccc4ccc(F)c(Cl)c24)C3)CCN1C(=O)C(=C)F. The number of anilines is 2. The smallest absolute Gasteiger partial charge is 0.318 e. The second-order valence-corrected chi connectivity index (χ2v) is 12.6. The van der Waals surface area contributed by atoms with Crippen LogP contribution in [0, 0.1) is 12.4 Å². The van der Waals surface area contributed by atoms with Crippen LogP contribution in [0.4, 0.5) is 20.3 Å². The molecule has 0 saturated carbocycles. The van der Waals surface area contributed by atoms with Gasteiger partial charge in [0.25, 0.3) is 5.91 Å². The molecule has 2 aromatic carbocycles. The van der Waals surface area contributed by atoms with E-state index in [-0.39, 0.29) is 29.7 Å². The van der Waals surface area contributed by atoms with E-state index in [0.717, 1.165) is 22.3 Å². The summed E-state index contributed by atoms with van der Waals surface area (Å²) in [5.41, 5.74) is 2.48. The number of carbonyl (C=O) groups excluding carboxylic acids is 1. The number of benzene rings is 2. The Bertz CT molecular complexity index is 1710. The number of ether oxygens (including phenoxy) is 2. The highest BCUT2D eigenvalue weighted by Crippen LogP contribution is 2.38. The third kappa shape index (κ3) is 6.07. The molecule has 2 saturated heterocycles. The van der Waals surface area contributed by atoms with Crippen molar-refractivity contribution in [3.63, 3.8) is 0 Å². The lowest BCUT2D eigenvalue weighted by molar-refractivity contribution is -0.131. The highest BCUT2D eigenvalue weighted by Gasteiger charge is 2.38. The number of likely N-dealkylation sites (N-methyl/N-ethyl adjacent to an activating group) is 1. The molecule has 6 rings (SSSR count). The molecule has 242 valence electrons. The topological polar surface area (TPSA) is 78.6 Å². The van der Waals surface area contributed by atoms with E-state index in [2.05, 4.69) is 28.1 Å². The summed E-state index contributed by atoms with van der Waals surface area (Å²) in [6.07, 6.45) is 0.587. The molecule has 3 aromatic rings. The summed E-state index contributed by atoms with van der Waals surface area (Å²) in [6.45, 7) is 17.0. The largest absolute Gasteiger partial charge is 0.462 e. The van der Waals surface area contributed by atoms with Gasteiger partial charge in [0.2, 0.25) is 6.54 Å². The van der Waals surface area contributed by atoms with Crippen molar-refractivity contribution in [3.8, 4) is 6.01 Å². The van der Waals surface area contributed by atoms with Gasteiger partial charge in [-0.1, -0.05) is 36.4 Å². The number of hydrogen-bond acceptors (Lipinski definition) is 8. The maximum atomic E-state index is 14.6. The zero-order chi connectivity index (χ0) is 32.6. The van der Waals surface area contributed by atoms with Crippen LogP contribution in [0.25, 0.3) is 15.6 Å². The first-order chi connectivity index (χ1) is 22.1. The third-order valence-corrected chi connectivity index (χ3v) is 9.63. The van der Waals surface area contributed by atoms with Gasteiger partial charge >= 0.3 is 6.01 Å². The first-order valence-electron chi connectivity index (χ1n) is 15.3. The summed E-state index contributed by atoms with van der Waals surface area (Å²) < 4.78 is 39.9. The molecule has 1 aromatic heterocycles. The second kappa shape index (κ2) is 13.0. The lowest BCUT2D eigenvalue weighted by atomic mass is 9.99. The fraction of sp³-hybridized carbons (Fsp3) is 0.455. The summed E-state index contributed by atoms with van der Waals surface area (Å²) in [7, 11) is 2.03. The van der Waals surface area contributed by atoms with Crippen LogP contribution in [0.3, 0.4) is 0 Å². The van der Waals surface area contributed by atoms with Crippen molar-refractivity contribution in [2.24, 2.45) is 0 Å². The molecule has 0 aliphatic carbocycles. The van der Waals surface area contributed by atoms with Crippen LogP contribution in [0.1, 0.15) is 18.2 Å². The van der Waals surface area contributed by atoms with E-state index in [1.165, 1.54) is 11.0 Å². The number of nitrogens with zero attached hydrogens (tertiary/aromatic N) is 7.